The lowest BCUT2D eigenvalue weighted by Crippen LogP contribution is -2.29. The summed E-state index contributed by atoms with van der Waals surface area (Å²) in [5.74, 6) is 0.179. The fourth-order valence-electron chi connectivity index (χ4n) is 4.48. The molecule has 5 rings (SSSR count). The van der Waals surface area contributed by atoms with E-state index >= 15 is 0 Å². The molecule has 5 aromatic rings. The lowest BCUT2D eigenvalue weighted by Gasteiger charge is -2.25. The van der Waals surface area contributed by atoms with Crippen molar-refractivity contribution in [2.75, 3.05) is 6.26 Å². The van der Waals surface area contributed by atoms with Gasteiger partial charge < -0.3 is 14.9 Å². The van der Waals surface area contributed by atoms with Crippen LogP contribution in [0.5, 0.6) is 5.75 Å². The van der Waals surface area contributed by atoms with E-state index in [4.69, 9.17) is 21.8 Å². The zero-order chi connectivity index (χ0) is 28.4. The van der Waals surface area contributed by atoms with E-state index in [1.54, 1.807) is 17.0 Å². The van der Waals surface area contributed by atoms with Crippen molar-refractivity contribution >= 4 is 28.3 Å². The van der Waals surface area contributed by atoms with Crippen LogP contribution in [0.3, 0.4) is 0 Å². The Hall–Kier alpha value is -4.33. The Bertz CT molecular complexity index is 1530. The standard InChI is InChI=1S/C34H30N2O3S2/c1-41-34(40)35-23-29-22-30(37)31(38-32(25-14-6-2-7-15-25)26-16-8-3-9-17-26)24-36(29)39-33(27-18-10-4-11-19-27)28-20-12-5-13-21-28/h2-22,24,32-33H,23H2,1H3,(H,35,40). The number of hydrogen-bond acceptors (Lipinski definition) is 5. The predicted octanol–water partition coefficient (Wildman–Crippen LogP) is 6.97. The van der Waals surface area contributed by atoms with E-state index in [1.807, 2.05) is 128 Å². The van der Waals surface area contributed by atoms with Crippen molar-refractivity contribution < 1.29 is 9.57 Å². The van der Waals surface area contributed by atoms with Gasteiger partial charge >= 0.3 is 0 Å². The highest BCUT2D eigenvalue weighted by atomic mass is 32.2. The fraction of sp³-hybridized carbons (Fsp3) is 0.118. The number of hydrogen-bond donors (Lipinski definition) is 1. The minimum absolute atomic E-state index is 0.179. The number of thiocarbonyl (C=S) groups is 1. The van der Waals surface area contributed by atoms with Crippen molar-refractivity contribution in [3.8, 4) is 5.75 Å². The quantitative estimate of drug-likeness (QED) is 0.181. The molecule has 0 saturated heterocycles. The average molecular weight is 579 g/mol. The maximum atomic E-state index is 13.5. The Kier molecular flexibility index (Phi) is 9.52. The van der Waals surface area contributed by atoms with Crippen molar-refractivity contribution in [2.24, 2.45) is 0 Å². The smallest absolute Gasteiger partial charge is 0.224 e. The molecule has 0 fully saturated rings. The lowest BCUT2D eigenvalue weighted by molar-refractivity contribution is 0.0513. The molecule has 0 aliphatic heterocycles. The molecule has 1 heterocycles. The van der Waals surface area contributed by atoms with Crippen LogP contribution < -0.4 is 20.3 Å². The van der Waals surface area contributed by atoms with Crippen LogP contribution >= 0.6 is 24.0 Å². The zero-order valence-electron chi connectivity index (χ0n) is 22.6. The van der Waals surface area contributed by atoms with Gasteiger partial charge in [-0.1, -0.05) is 134 Å². The van der Waals surface area contributed by atoms with Crippen LogP contribution in [-0.2, 0) is 6.54 Å². The van der Waals surface area contributed by atoms with Gasteiger partial charge in [0.1, 0.15) is 10.4 Å². The van der Waals surface area contributed by atoms with Gasteiger partial charge in [0.25, 0.3) is 0 Å². The minimum Gasteiger partial charge on any atom is -0.475 e. The third kappa shape index (κ3) is 7.25. The first-order chi connectivity index (χ1) is 20.1. The number of rotatable bonds is 10. The summed E-state index contributed by atoms with van der Waals surface area (Å²) < 4.78 is 8.74. The van der Waals surface area contributed by atoms with Crippen LogP contribution in [0.25, 0.3) is 0 Å². The van der Waals surface area contributed by atoms with E-state index in [0.29, 0.717) is 16.6 Å². The summed E-state index contributed by atoms with van der Waals surface area (Å²) >= 11 is 6.80. The van der Waals surface area contributed by atoms with E-state index < -0.39 is 12.2 Å². The molecule has 1 aromatic heterocycles. The molecular weight excluding hydrogens is 549 g/mol. The van der Waals surface area contributed by atoms with Crippen molar-refractivity contribution in [1.82, 2.24) is 10.0 Å². The third-order valence-corrected chi connectivity index (χ3v) is 7.69. The predicted molar refractivity (Wildman–Crippen MR) is 170 cm³/mol. The Morgan fingerprint density at radius 2 is 1.20 bits per heavy atom. The van der Waals surface area contributed by atoms with E-state index in [-0.39, 0.29) is 11.2 Å². The highest BCUT2D eigenvalue weighted by Crippen LogP contribution is 2.28. The highest BCUT2D eigenvalue weighted by molar-refractivity contribution is 8.22. The first-order valence-corrected chi connectivity index (χ1v) is 14.9. The number of pyridine rings is 1. The van der Waals surface area contributed by atoms with Crippen LogP contribution in [0.1, 0.15) is 40.2 Å². The molecule has 0 bridgehead atoms. The second-order valence-electron chi connectivity index (χ2n) is 9.29. The largest absolute Gasteiger partial charge is 0.475 e. The van der Waals surface area contributed by atoms with Crippen LogP contribution in [0.15, 0.2) is 138 Å². The number of benzene rings is 4. The third-order valence-electron chi connectivity index (χ3n) is 6.53. The van der Waals surface area contributed by atoms with Gasteiger partial charge in [-0.2, -0.15) is 4.73 Å². The molecule has 41 heavy (non-hydrogen) atoms. The zero-order valence-corrected chi connectivity index (χ0v) is 24.2. The molecule has 5 nitrogen and oxygen atoms in total. The number of aromatic nitrogens is 1. The van der Waals surface area contributed by atoms with E-state index in [9.17, 15) is 4.79 Å². The van der Waals surface area contributed by atoms with Gasteiger partial charge in [0, 0.05) is 6.07 Å². The number of nitrogens with one attached hydrogen (secondary N) is 1. The lowest BCUT2D eigenvalue weighted by atomic mass is 10.0. The molecular formula is C34H30N2O3S2. The summed E-state index contributed by atoms with van der Waals surface area (Å²) in [6, 6.07) is 41.3. The molecule has 7 heteroatoms. The number of thioether (sulfide) groups is 1. The molecule has 0 spiro atoms. The van der Waals surface area contributed by atoms with Gasteiger partial charge in [-0.25, -0.2) is 0 Å². The fourth-order valence-corrected chi connectivity index (χ4v) is 4.77. The summed E-state index contributed by atoms with van der Waals surface area (Å²) in [5.41, 5.74) is 4.20. The van der Waals surface area contributed by atoms with E-state index in [0.717, 1.165) is 22.3 Å². The highest BCUT2D eigenvalue weighted by Gasteiger charge is 2.22. The molecule has 0 aliphatic carbocycles. The first kappa shape index (κ1) is 28.2. The van der Waals surface area contributed by atoms with Gasteiger partial charge in [-0.3, -0.25) is 4.79 Å². The van der Waals surface area contributed by atoms with Crippen molar-refractivity contribution in [3.63, 3.8) is 0 Å². The second kappa shape index (κ2) is 13.8. The van der Waals surface area contributed by atoms with Gasteiger partial charge in [-0.15, -0.1) is 11.8 Å². The summed E-state index contributed by atoms with van der Waals surface area (Å²) in [7, 11) is 0. The molecule has 0 saturated carbocycles. The van der Waals surface area contributed by atoms with Crippen LogP contribution in [0, 0.1) is 0 Å². The van der Waals surface area contributed by atoms with Crippen LogP contribution in [0.4, 0.5) is 0 Å². The van der Waals surface area contributed by atoms with E-state index in [1.165, 1.54) is 11.8 Å². The Labute approximate surface area is 249 Å². The number of nitrogens with zero attached hydrogens (tertiary/aromatic N) is 1. The maximum Gasteiger partial charge on any atom is 0.224 e. The van der Waals surface area contributed by atoms with Crippen molar-refractivity contribution in [3.05, 3.63) is 172 Å². The Morgan fingerprint density at radius 3 is 1.63 bits per heavy atom. The summed E-state index contributed by atoms with van der Waals surface area (Å²) in [6.45, 7) is 0.312. The van der Waals surface area contributed by atoms with Gasteiger partial charge in [0.05, 0.1) is 18.4 Å². The van der Waals surface area contributed by atoms with Gasteiger partial charge in [-0.05, 0) is 28.5 Å². The minimum atomic E-state index is -0.481. The van der Waals surface area contributed by atoms with Crippen molar-refractivity contribution in [2.45, 2.75) is 18.8 Å². The molecule has 4 aromatic carbocycles. The van der Waals surface area contributed by atoms with Gasteiger partial charge in [0.15, 0.2) is 11.9 Å². The van der Waals surface area contributed by atoms with Crippen molar-refractivity contribution in [1.29, 1.82) is 0 Å². The molecule has 0 radical (unpaired) electrons. The molecule has 0 amide bonds. The van der Waals surface area contributed by atoms with Crippen LogP contribution in [0.2, 0.25) is 0 Å². The van der Waals surface area contributed by atoms with E-state index in [2.05, 4.69) is 5.32 Å². The molecule has 1 N–H and O–H groups in total. The first-order valence-electron chi connectivity index (χ1n) is 13.2. The number of ether oxygens (including phenoxy) is 1. The average Bonchev–Trinajstić information content (AvgIpc) is 3.04. The topological polar surface area (TPSA) is 52.5 Å². The second-order valence-corrected chi connectivity index (χ2v) is 10.8. The van der Waals surface area contributed by atoms with Gasteiger partial charge in [0.2, 0.25) is 5.43 Å². The summed E-state index contributed by atoms with van der Waals surface area (Å²) in [4.78, 5) is 20.2. The normalized spacial score (nSPS) is 10.9. The Morgan fingerprint density at radius 1 is 0.756 bits per heavy atom. The van der Waals surface area contributed by atoms with Crippen LogP contribution in [-0.4, -0.2) is 15.3 Å². The SMILES string of the molecule is CSC(=S)NCc1cc(=O)c(OC(c2ccccc2)c2ccccc2)cn1OC(c1ccccc1)c1ccccc1. The molecule has 0 atom stereocenters. The summed E-state index contributed by atoms with van der Waals surface area (Å²) in [6.07, 6.45) is 2.63. The molecule has 0 unspecified atom stereocenters. The summed E-state index contributed by atoms with van der Waals surface area (Å²) in [5, 5.41) is 3.19. The molecule has 0 aliphatic rings. The maximum absolute atomic E-state index is 13.5. The monoisotopic (exact) mass is 578 g/mol. The Balaban J connectivity index is 1.57. The molecule has 206 valence electrons.